The Morgan fingerprint density at radius 3 is 2.53 bits per heavy atom. The normalized spacial score (nSPS) is 46.5. The van der Waals surface area contributed by atoms with Gasteiger partial charge in [0.2, 0.25) is 5.78 Å². The fraction of sp³-hybridized carbons (Fsp3) is 0.759. The van der Waals surface area contributed by atoms with Crippen molar-refractivity contribution in [3.05, 3.63) is 23.0 Å². The van der Waals surface area contributed by atoms with E-state index >= 15 is 0 Å². The first-order valence-electron chi connectivity index (χ1n) is 13.9. The fourth-order valence-electron chi connectivity index (χ4n) is 9.30. The van der Waals surface area contributed by atoms with Crippen LogP contribution in [0.15, 0.2) is 23.0 Å². The summed E-state index contributed by atoms with van der Waals surface area (Å²) in [5.74, 6) is -2.53. The van der Waals surface area contributed by atoms with Gasteiger partial charge in [0, 0.05) is 29.2 Å². The Kier molecular flexibility index (Phi) is 6.79. The number of aliphatic hydroxyl groups excluding tert-OH is 3. The van der Waals surface area contributed by atoms with Crippen LogP contribution in [-0.2, 0) is 19.2 Å². The average molecular weight is 532 g/mol. The quantitative estimate of drug-likeness (QED) is 0.332. The highest BCUT2D eigenvalue weighted by Crippen LogP contribution is 2.66. The van der Waals surface area contributed by atoms with Crippen molar-refractivity contribution in [3.8, 4) is 0 Å². The number of hydrogen-bond donors (Lipinski definition) is 5. The number of nitrogens with one attached hydrogen (secondary N) is 1. The first kappa shape index (κ1) is 27.6. The minimum Gasteiger partial charge on any atom is -0.416 e. The number of allylic oxidation sites excluding steroid dienone is 1. The van der Waals surface area contributed by atoms with E-state index in [1.165, 1.54) is 13.2 Å². The number of hydroxylamine groups is 1. The highest BCUT2D eigenvalue weighted by Gasteiger charge is 2.72. The predicted octanol–water partition coefficient (Wildman–Crippen LogP) is 1.53. The molecular weight excluding hydrogens is 490 g/mol. The van der Waals surface area contributed by atoms with Gasteiger partial charge in [-0.1, -0.05) is 19.4 Å². The molecule has 5 rings (SSSR count). The van der Waals surface area contributed by atoms with Crippen molar-refractivity contribution in [2.75, 3.05) is 6.54 Å². The molecule has 9 heteroatoms. The van der Waals surface area contributed by atoms with Crippen LogP contribution in [0.2, 0.25) is 0 Å². The van der Waals surface area contributed by atoms with E-state index in [0.29, 0.717) is 56.2 Å². The second-order valence-corrected chi connectivity index (χ2v) is 13.2. The van der Waals surface area contributed by atoms with Gasteiger partial charge in [-0.3, -0.25) is 14.4 Å². The molecule has 5 N–H and O–H groups in total. The number of hydrogen-bond acceptors (Lipinski definition) is 9. The molecule has 10 atom stereocenters. The Morgan fingerprint density at radius 2 is 1.89 bits per heavy atom. The van der Waals surface area contributed by atoms with Gasteiger partial charge in [0.1, 0.15) is 6.26 Å². The predicted molar refractivity (Wildman–Crippen MR) is 136 cm³/mol. The van der Waals surface area contributed by atoms with Gasteiger partial charge in [0.25, 0.3) is 0 Å². The van der Waals surface area contributed by atoms with Gasteiger partial charge in [0.15, 0.2) is 17.2 Å². The van der Waals surface area contributed by atoms with E-state index < -0.39 is 58.1 Å². The van der Waals surface area contributed by atoms with E-state index in [2.05, 4.69) is 5.48 Å². The first-order valence-corrected chi connectivity index (χ1v) is 13.9. The average Bonchev–Trinajstić information content (AvgIpc) is 3.35. The molecule has 9 nitrogen and oxygen atoms in total. The number of carbonyl (C=O) groups excluding carboxylic acids is 3. The Labute approximate surface area is 223 Å². The van der Waals surface area contributed by atoms with Crippen molar-refractivity contribution in [1.82, 2.24) is 5.48 Å². The monoisotopic (exact) mass is 531 g/mol. The summed E-state index contributed by atoms with van der Waals surface area (Å²) in [4.78, 5) is 43.6. The van der Waals surface area contributed by atoms with E-state index in [0.717, 1.165) is 6.42 Å². The summed E-state index contributed by atoms with van der Waals surface area (Å²) in [6.45, 7) is 7.20. The summed E-state index contributed by atoms with van der Waals surface area (Å²) >= 11 is 0. The highest BCUT2D eigenvalue weighted by molar-refractivity contribution is 6.23. The van der Waals surface area contributed by atoms with E-state index in [1.54, 1.807) is 13.8 Å². The standard InChI is InChI=1S/C29H41NO8/c1-14-9-28(4)13-27(3)10-18-16(5-7-19(32)17-11-30-38-12-17)6-8-20(33)22(18)24(34)23(27)26(36)29(28,37)25(35)21(14)15(2)31/h12,16,18,20,22-24,26,30,33-34,36-37H,5-11,13H2,1-4H3/t16?,18?,20?,22?,23?,24?,26?,27-,28+,29+/m0/s1. The van der Waals surface area contributed by atoms with Gasteiger partial charge >= 0.3 is 0 Å². The number of rotatable bonds is 5. The van der Waals surface area contributed by atoms with Crippen molar-refractivity contribution < 1.29 is 39.6 Å². The van der Waals surface area contributed by atoms with Gasteiger partial charge in [-0.15, -0.1) is 0 Å². The molecule has 0 aromatic rings. The largest absolute Gasteiger partial charge is 0.416 e. The molecule has 1 aliphatic heterocycles. The molecule has 0 spiro atoms. The maximum atomic E-state index is 13.6. The third-order valence-corrected chi connectivity index (χ3v) is 10.8. The SMILES string of the molecule is CC(=O)C1=C(C)C[C@]2(C)C[C@]3(C)CC4C(CCC(=O)C5=CONC5)CCC(O)C4C(O)C3C(O)[C@]2(O)C1=O. The second kappa shape index (κ2) is 9.34. The molecule has 0 amide bonds. The van der Waals surface area contributed by atoms with Crippen molar-refractivity contribution in [2.24, 2.45) is 34.5 Å². The third kappa shape index (κ3) is 3.88. The number of ketones is 3. The van der Waals surface area contributed by atoms with Crippen LogP contribution in [0.25, 0.3) is 0 Å². The topological polar surface area (TPSA) is 153 Å². The lowest BCUT2D eigenvalue weighted by molar-refractivity contribution is -0.272. The van der Waals surface area contributed by atoms with Crippen LogP contribution in [0, 0.1) is 34.5 Å². The highest BCUT2D eigenvalue weighted by atomic mass is 16.6. The van der Waals surface area contributed by atoms with Crippen LogP contribution in [0.1, 0.15) is 72.6 Å². The molecule has 210 valence electrons. The molecular formula is C29H41NO8. The van der Waals surface area contributed by atoms with E-state index in [1.807, 2.05) is 6.92 Å². The summed E-state index contributed by atoms with van der Waals surface area (Å²) in [5.41, 5.74) is -0.0336. The summed E-state index contributed by atoms with van der Waals surface area (Å²) in [6.07, 6.45) is 1.38. The minimum atomic E-state index is -2.21. The molecule has 7 unspecified atom stereocenters. The Morgan fingerprint density at radius 1 is 1.18 bits per heavy atom. The van der Waals surface area contributed by atoms with Crippen LogP contribution in [0.4, 0.5) is 0 Å². The lowest BCUT2D eigenvalue weighted by Crippen LogP contribution is -2.75. The summed E-state index contributed by atoms with van der Waals surface area (Å²) < 4.78 is 0. The maximum absolute atomic E-state index is 13.6. The number of carbonyl (C=O) groups is 3. The van der Waals surface area contributed by atoms with Crippen LogP contribution >= 0.6 is 0 Å². The summed E-state index contributed by atoms with van der Waals surface area (Å²) in [6, 6.07) is 0. The van der Waals surface area contributed by atoms with Crippen molar-refractivity contribution in [3.63, 3.8) is 0 Å². The molecule has 0 radical (unpaired) electrons. The van der Waals surface area contributed by atoms with Crippen LogP contribution in [-0.4, -0.2) is 68.2 Å². The molecule has 5 aliphatic rings. The smallest absolute Gasteiger partial charge is 0.201 e. The van der Waals surface area contributed by atoms with Crippen LogP contribution in [0.3, 0.4) is 0 Å². The minimum absolute atomic E-state index is 0.0213. The molecule has 1 heterocycles. The molecule has 0 aromatic heterocycles. The lowest BCUT2D eigenvalue weighted by Gasteiger charge is -2.66. The summed E-state index contributed by atoms with van der Waals surface area (Å²) in [7, 11) is 0. The van der Waals surface area contributed by atoms with Gasteiger partial charge in [-0.25, -0.2) is 0 Å². The Hall–Kier alpha value is -1.91. The van der Waals surface area contributed by atoms with Gasteiger partial charge in [0.05, 0.1) is 30.4 Å². The molecule has 0 bridgehead atoms. The van der Waals surface area contributed by atoms with Crippen LogP contribution < -0.4 is 5.48 Å². The molecule has 3 saturated carbocycles. The zero-order chi connectivity index (χ0) is 27.8. The van der Waals surface area contributed by atoms with Crippen molar-refractivity contribution in [1.29, 1.82) is 0 Å². The molecule has 3 fully saturated rings. The van der Waals surface area contributed by atoms with Crippen molar-refractivity contribution in [2.45, 2.75) is 96.6 Å². The first-order chi connectivity index (χ1) is 17.7. The van der Waals surface area contributed by atoms with E-state index in [9.17, 15) is 34.8 Å². The van der Waals surface area contributed by atoms with Gasteiger partial charge < -0.3 is 25.3 Å². The lowest BCUT2D eigenvalue weighted by atomic mass is 9.40. The van der Waals surface area contributed by atoms with E-state index in [-0.39, 0.29) is 23.2 Å². The molecule has 38 heavy (non-hydrogen) atoms. The molecule has 0 aromatic carbocycles. The Balaban J connectivity index is 1.47. The van der Waals surface area contributed by atoms with Crippen molar-refractivity contribution >= 4 is 17.3 Å². The zero-order valence-corrected chi connectivity index (χ0v) is 22.7. The number of aliphatic hydroxyl groups is 4. The second-order valence-electron chi connectivity index (χ2n) is 13.2. The van der Waals surface area contributed by atoms with Gasteiger partial charge in [-0.2, -0.15) is 5.48 Å². The summed E-state index contributed by atoms with van der Waals surface area (Å²) in [5, 5.41) is 46.5. The fourth-order valence-corrected chi connectivity index (χ4v) is 9.30. The number of fused-ring (bicyclic) bond motifs is 3. The third-order valence-electron chi connectivity index (χ3n) is 10.8. The Bertz CT molecular complexity index is 1110. The van der Waals surface area contributed by atoms with E-state index in [4.69, 9.17) is 4.84 Å². The van der Waals surface area contributed by atoms with Crippen LogP contribution in [0.5, 0.6) is 0 Å². The molecule has 0 saturated heterocycles. The maximum Gasteiger partial charge on any atom is 0.201 e. The van der Waals surface area contributed by atoms with Gasteiger partial charge in [-0.05, 0) is 69.6 Å². The number of Topliss-reactive ketones (excluding diaryl/α,β-unsaturated/α-hetero) is 3. The zero-order valence-electron chi connectivity index (χ0n) is 22.7. The molecule has 4 aliphatic carbocycles.